The van der Waals surface area contributed by atoms with Crippen molar-refractivity contribution >= 4 is 53.6 Å². The third kappa shape index (κ3) is 5.45. The molecule has 160 valence electrons. The average molecular weight is 446 g/mol. The molecule has 6 heteroatoms. The predicted octanol–water partition coefficient (Wildman–Crippen LogP) is 5.40. The number of likely N-dealkylation sites (N-methyl/N-ethyl adjacent to an activating group) is 1. The number of ether oxygens (including phenoxy) is 1. The lowest BCUT2D eigenvalue weighted by molar-refractivity contribution is 0.271. The molecule has 0 amide bonds. The Kier molecular flexibility index (Phi) is 8.97. The first kappa shape index (κ1) is 24.0. The van der Waals surface area contributed by atoms with Gasteiger partial charge < -0.3 is 14.5 Å². The molecule has 0 N–H and O–H groups in total. The summed E-state index contributed by atoms with van der Waals surface area (Å²) >= 11 is 0. The first-order valence-electron chi connectivity index (χ1n) is 9.96. The van der Waals surface area contributed by atoms with E-state index in [1.807, 2.05) is 12.1 Å². The molecule has 30 heavy (non-hydrogen) atoms. The van der Waals surface area contributed by atoms with Gasteiger partial charge >= 0.3 is 0 Å². The van der Waals surface area contributed by atoms with Crippen molar-refractivity contribution in [3.63, 3.8) is 0 Å². The number of nitrogens with zero attached hydrogens (tertiary/aromatic N) is 3. The minimum Gasteiger partial charge on any atom is -0.497 e. The number of pyridine rings is 1. The second kappa shape index (κ2) is 11.2. The quantitative estimate of drug-likeness (QED) is 0.525. The van der Waals surface area contributed by atoms with Gasteiger partial charge in [0.1, 0.15) is 11.6 Å². The van der Waals surface area contributed by atoms with Gasteiger partial charge in [-0.3, -0.25) is 0 Å². The van der Waals surface area contributed by atoms with Crippen molar-refractivity contribution in [2.45, 2.75) is 6.92 Å². The lowest BCUT2D eigenvalue weighted by atomic mass is 10.1. The molecule has 4 rings (SSSR count). The van der Waals surface area contributed by atoms with E-state index in [4.69, 9.17) is 9.72 Å². The molecule has 4 nitrogen and oxygen atoms in total. The molecule has 1 fully saturated rings. The topological polar surface area (TPSA) is 28.6 Å². The predicted molar refractivity (Wildman–Crippen MR) is 132 cm³/mol. The van der Waals surface area contributed by atoms with E-state index in [0.717, 1.165) is 55.5 Å². The van der Waals surface area contributed by atoms with E-state index in [-0.39, 0.29) is 24.8 Å². The van der Waals surface area contributed by atoms with Gasteiger partial charge in [-0.15, -0.1) is 24.8 Å². The number of hydrogen-bond acceptors (Lipinski definition) is 4. The largest absolute Gasteiger partial charge is 0.497 e. The van der Waals surface area contributed by atoms with E-state index in [0.29, 0.717) is 0 Å². The van der Waals surface area contributed by atoms with Crippen molar-refractivity contribution in [1.29, 1.82) is 0 Å². The molecule has 3 aromatic rings. The molecule has 0 atom stereocenters. The van der Waals surface area contributed by atoms with Crippen LogP contribution in [0.2, 0.25) is 0 Å². The zero-order valence-electron chi connectivity index (χ0n) is 17.5. The van der Waals surface area contributed by atoms with Crippen LogP contribution in [0, 0.1) is 0 Å². The highest BCUT2D eigenvalue weighted by atomic mass is 35.5. The molecule has 0 aliphatic carbocycles. The molecule has 1 aliphatic heterocycles. The first-order valence-corrected chi connectivity index (χ1v) is 9.96. The van der Waals surface area contributed by atoms with Crippen molar-refractivity contribution in [3.8, 4) is 5.75 Å². The number of halogens is 2. The summed E-state index contributed by atoms with van der Waals surface area (Å²) in [7, 11) is 1.69. The van der Waals surface area contributed by atoms with Crippen molar-refractivity contribution in [1.82, 2.24) is 9.88 Å². The SMILES string of the molecule is CCN1CCN(c2nc(/C=C/c3ccc(OC)cc3)cc3ccccc23)CC1.Cl.Cl. The summed E-state index contributed by atoms with van der Waals surface area (Å²) in [6.45, 7) is 7.59. The smallest absolute Gasteiger partial charge is 0.137 e. The molecule has 1 aliphatic rings. The Balaban J connectivity index is 0.00000160. The lowest BCUT2D eigenvalue weighted by Gasteiger charge is -2.35. The van der Waals surface area contributed by atoms with Crippen LogP contribution in [-0.4, -0.2) is 49.7 Å². The maximum absolute atomic E-state index is 5.23. The minimum atomic E-state index is 0. The maximum atomic E-state index is 5.23. The number of fused-ring (bicyclic) bond motifs is 1. The number of methoxy groups -OCH3 is 1. The van der Waals surface area contributed by atoms with Crippen LogP contribution in [0.5, 0.6) is 5.75 Å². The third-order valence-electron chi connectivity index (χ3n) is 5.42. The van der Waals surface area contributed by atoms with Crippen molar-refractivity contribution < 1.29 is 4.74 Å². The Labute approximate surface area is 191 Å². The van der Waals surface area contributed by atoms with E-state index in [2.05, 4.69) is 71.3 Å². The Morgan fingerprint density at radius 3 is 2.30 bits per heavy atom. The van der Waals surface area contributed by atoms with Crippen molar-refractivity contribution in [2.24, 2.45) is 0 Å². The van der Waals surface area contributed by atoms with Gasteiger partial charge in [0.15, 0.2) is 0 Å². The first-order chi connectivity index (χ1) is 13.8. The van der Waals surface area contributed by atoms with E-state index >= 15 is 0 Å². The zero-order chi connectivity index (χ0) is 19.3. The number of anilines is 1. The third-order valence-corrected chi connectivity index (χ3v) is 5.42. The van der Waals surface area contributed by atoms with Crippen LogP contribution in [0.1, 0.15) is 18.2 Å². The van der Waals surface area contributed by atoms with E-state index < -0.39 is 0 Å². The van der Waals surface area contributed by atoms with Gasteiger partial charge in [0, 0.05) is 31.6 Å². The van der Waals surface area contributed by atoms with Crippen LogP contribution in [-0.2, 0) is 0 Å². The molecule has 1 aromatic heterocycles. The number of aromatic nitrogens is 1. The molecule has 0 saturated carbocycles. The molecule has 2 aromatic carbocycles. The minimum absolute atomic E-state index is 0. The molecule has 0 unspecified atom stereocenters. The second-order valence-corrected chi connectivity index (χ2v) is 7.12. The molecule has 1 saturated heterocycles. The molecule has 2 heterocycles. The molecular weight excluding hydrogens is 417 g/mol. The molecule has 0 bridgehead atoms. The summed E-state index contributed by atoms with van der Waals surface area (Å²) in [5.41, 5.74) is 2.12. The van der Waals surface area contributed by atoms with Crippen molar-refractivity contribution in [3.05, 3.63) is 65.9 Å². The monoisotopic (exact) mass is 445 g/mol. The van der Waals surface area contributed by atoms with Crippen LogP contribution in [0.4, 0.5) is 5.82 Å². The number of rotatable bonds is 5. The van der Waals surface area contributed by atoms with Crippen LogP contribution in [0.15, 0.2) is 54.6 Å². The highest BCUT2D eigenvalue weighted by Gasteiger charge is 2.19. The van der Waals surface area contributed by atoms with Crippen LogP contribution < -0.4 is 9.64 Å². The molecular formula is C24H29Cl2N3O. The Bertz CT molecular complexity index is 968. The lowest BCUT2D eigenvalue weighted by Crippen LogP contribution is -2.46. The standard InChI is InChI=1S/C24H27N3O.2ClH/c1-3-26-14-16-27(17-15-26)24-23-7-5-4-6-20(23)18-21(25-24)11-8-19-9-12-22(28-2)13-10-19;;/h4-13,18H,3,14-17H2,1-2H3;2*1H/b11-8+;;. The van der Waals surface area contributed by atoms with Crippen molar-refractivity contribution in [2.75, 3.05) is 44.7 Å². The zero-order valence-corrected chi connectivity index (χ0v) is 19.1. The highest BCUT2D eigenvalue weighted by Crippen LogP contribution is 2.27. The fourth-order valence-corrected chi connectivity index (χ4v) is 3.70. The summed E-state index contributed by atoms with van der Waals surface area (Å²) < 4.78 is 5.23. The van der Waals surface area contributed by atoms with Gasteiger partial charge in [0.2, 0.25) is 0 Å². The number of benzene rings is 2. The van der Waals surface area contributed by atoms with Gasteiger partial charge in [-0.1, -0.05) is 49.4 Å². The maximum Gasteiger partial charge on any atom is 0.137 e. The Hall–Kier alpha value is -2.27. The summed E-state index contributed by atoms with van der Waals surface area (Å²) in [6, 6.07) is 18.8. The van der Waals surface area contributed by atoms with Crippen LogP contribution >= 0.6 is 24.8 Å². The van der Waals surface area contributed by atoms with Gasteiger partial charge in [-0.2, -0.15) is 0 Å². The van der Waals surface area contributed by atoms with Gasteiger partial charge in [0.25, 0.3) is 0 Å². The van der Waals surface area contributed by atoms with E-state index in [1.165, 1.54) is 10.8 Å². The summed E-state index contributed by atoms with van der Waals surface area (Å²) in [6.07, 6.45) is 4.20. The second-order valence-electron chi connectivity index (χ2n) is 7.12. The Morgan fingerprint density at radius 1 is 0.933 bits per heavy atom. The number of piperazine rings is 1. The highest BCUT2D eigenvalue weighted by molar-refractivity contribution is 5.94. The summed E-state index contributed by atoms with van der Waals surface area (Å²) in [5, 5.41) is 2.47. The molecule has 0 radical (unpaired) electrons. The van der Waals surface area contributed by atoms with Gasteiger partial charge in [-0.25, -0.2) is 4.98 Å². The van der Waals surface area contributed by atoms with Gasteiger partial charge in [0.05, 0.1) is 12.8 Å². The average Bonchev–Trinajstić information content (AvgIpc) is 2.77. The Morgan fingerprint density at radius 2 is 1.63 bits per heavy atom. The van der Waals surface area contributed by atoms with E-state index in [9.17, 15) is 0 Å². The summed E-state index contributed by atoms with van der Waals surface area (Å²) in [4.78, 5) is 9.94. The fraction of sp³-hybridized carbons (Fsp3) is 0.292. The summed E-state index contributed by atoms with van der Waals surface area (Å²) in [5.74, 6) is 1.97. The molecule has 0 spiro atoms. The van der Waals surface area contributed by atoms with Crippen LogP contribution in [0.25, 0.3) is 22.9 Å². The normalized spacial score (nSPS) is 14.4. The van der Waals surface area contributed by atoms with Crippen LogP contribution in [0.3, 0.4) is 0 Å². The fourth-order valence-electron chi connectivity index (χ4n) is 3.70. The number of hydrogen-bond donors (Lipinski definition) is 0. The van der Waals surface area contributed by atoms with Gasteiger partial charge in [-0.05, 0) is 41.8 Å². The van der Waals surface area contributed by atoms with E-state index in [1.54, 1.807) is 7.11 Å².